The Bertz CT molecular complexity index is 282. The lowest BCUT2D eigenvalue weighted by molar-refractivity contribution is -0.0491. The molecule has 1 fully saturated rings. The van der Waals surface area contributed by atoms with E-state index in [1.807, 2.05) is 6.92 Å². The first kappa shape index (κ1) is 16.2. The van der Waals surface area contributed by atoms with Crippen LogP contribution in [0.15, 0.2) is 4.99 Å². The van der Waals surface area contributed by atoms with Crippen LogP contribution in [0.2, 0.25) is 0 Å². The van der Waals surface area contributed by atoms with Gasteiger partial charge in [-0.3, -0.25) is 4.99 Å². The predicted octanol–water partition coefficient (Wildman–Crippen LogP) is 1.38. The van der Waals surface area contributed by atoms with Crippen LogP contribution >= 0.6 is 0 Å². The first-order valence-electron chi connectivity index (χ1n) is 7.21. The molecule has 0 amide bonds. The minimum Gasteiger partial charge on any atom is -0.383 e. The van der Waals surface area contributed by atoms with Gasteiger partial charge in [-0.25, -0.2) is 0 Å². The minimum atomic E-state index is 0.178. The molecule has 19 heavy (non-hydrogen) atoms. The van der Waals surface area contributed by atoms with E-state index in [9.17, 15) is 0 Å². The van der Waals surface area contributed by atoms with E-state index in [0.717, 1.165) is 19.6 Å². The summed E-state index contributed by atoms with van der Waals surface area (Å²) < 4.78 is 10.9. The van der Waals surface area contributed by atoms with Gasteiger partial charge in [0.25, 0.3) is 0 Å². The molecule has 0 bridgehead atoms. The zero-order valence-corrected chi connectivity index (χ0v) is 12.7. The summed E-state index contributed by atoms with van der Waals surface area (Å²) in [5.41, 5.74) is 5.89. The van der Waals surface area contributed by atoms with Crippen molar-refractivity contribution in [1.82, 2.24) is 5.32 Å². The highest BCUT2D eigenvalue weighted by atomic mass is 16.5. The Balaban J connectivity index is 2.43. The molecule has 5 heteroatoms. The van der Waals surface area contributed by atoms with E-state index in [1.54, 1.807) is 7.11 Å². The normalized spacial score (nSPS) is 26.5. The summed E-state index contributed by atoms with van der Waals surface area (Å²) in [4.78, 5) is 4.45. The fourth-order valence-electron chi connectivity index (χ4n) is 2.60. The van der Waals surface area contributed by atoms with Crippen molar-refractivity contribution < 1.29 is 9.47 Å². The highest BCUT2D eigenvalue weighted by Crippen LogP contribution is 2.26. The number of nitrogens with zero attached hydrogens (tertiary/aromatic N) is 1. The van der Waals surface area contributed by atoms with Crippen molar-refractivity contribution in [2.75, 3.05) is 26.9 Å². The van der Waals surface area contributed by atoms with Crippen LogP contribution in [0, 0.1) is 11.8 Å². The van der Waals surface area contributed by atoms with Gasteiger partial charge in [-0.2, -0.15) is 0 Å². The minimum absolute atomic E-state index is 0.178. The lowest BCUT2D eigenvalue weighted by Crippen LogP contribution is -2.42. The molecule has 3 atom stereocenters. The van der Waals surface area contributed by atoms with E-state index in [4.69, 9.17) is 15.2 Å². The molecule has 1 aliphatic heterocycles. The standard InChI is InChI=1S/C14H29N3O2/c1-10(2)13-12(6-5-7-19-13)8-16-14(15)17-11(3)9-18-4/h10-13H,5-9H2,1-4H3,(H3,15,16,17). The third-order valence-electron chi connectivity index (χ3n) is 3.46. The number of nitrogens with two attached hydrogens (primary N) is 1. The van der Waals surface area contributed by atoms with Gasteiger partial charge in [0.2, 0.25) is 0 Å². The van der Waals surface area contributed by atoms with Crippen LogP contribution in [0.4, 0.5) is 0 Å². The van der Waals surface area contributed by atoms with Gasteiger partial charge in [-0.15, -0.1) is 0 Å². The summed E-state index contributed by atoms with van der Waals surface area (Å²) in [6.45, 7) is 8.66. The number of aliphatic imine (C=N–C) groups is 1. The molecule has 5 nitrogen and oxygen atoms in total. The van der Waals surface area contributed by atoms with Gasteiger partial charge in [0.05, 0.1) is 12.7 Å². The first-order chi connectivity index (χ1) is 9.04. The Morgan fingerprint density at radius 3 is 2.84 bits per heavy atom. The monoisotopic (exact) mass is 271 g/mol. The molecule has 1 aliphatic rings. The fourth-order valence-corrected chi connectivity index (χ4v) is 2.60. The molecule has 1 saturated heterocycles. The topological polar surface area (TPSA) is 68.9 Å². The van der Waals surface area contributed by atoms with Crippen LogP contribution < -0.4 is 11.1 Å². The Morgan fingerprint density at radius 2 is 2.21 bits per heavy atom. The SMILES string of the molecule is COCC(C)NC(N)=NCC1CCCOC1C(C)C. The number of ether oxygens (including phenoxy) is 2. The quantitative estimate of drug-likeness (QED) is 0.565. The lowest BCUT2D eigenvalue weighted by atomic mass is 9.87. The Morgan fingerprint density at radius 1 is 1.47 bits per heavy atom. The van der Waals surface area contributed by atoms with Crippen molar-refractivity contribution in [3.05, 3.63) is 0 Å². The molecule has 3 unspecified atom stereocenters. The van der Waals surface area contributed by atoms with Crippen LogP contribution in [0.5, 0.6) is 0 Å². The Labute approximate surface area is 116 Å². The first-order valence-corrected chi connectivity index (χ1v) is 7.21. The van der Waals surface area contributed by atoms with E-state index in [1.165, 1.54) is 6.42 Å². The molecular weight excluding hydrogens is 242 g/mol. The Kier molecular flexibility index (Phi) is 7.16. The number of rotatable bonds is 6. The average molecular weight is 271 g/mol. The highest BCUT2D eigenvalue weighted by molar-refractivity contribution is 5.78. The zero-order chi connectivity index (χ0) is 14.3. The van der Waals surface area contributed by atoms with E-state index in [2.05, 4.69) is 24.2 Å². The molecule has 1 rings (SSSR count). The predicted molar refractivity (Wildman–Crippen MR) is 78.3 cm³/mol. The highest BCUT2D eigenvalue weighted by Gasteiger charge is 2.28. The molecule has 1 heterocycles. The molecule has 0 aromatic carbocycles. The largest absolute Gasteiger partial charge is 0.383 e. The second kappa shape index (κ2) is 8.38. The third kappa shape index (κ3) is 5.78. The molecule has 0 radical (unpaired) electrons. The number of methoxy groups -OCH3 is 1. The summed E-state index contributed by atoms with van der Waals surface area (Å²) in [5.74, 6) is 1.51. The van der Waals surface area contributed by atoms with Gasteiger partial charge in [0, 0.05) is 32.2 Å². The summed E-state index contributed by atoms with van der Waals surface area (Å²) in [7, 11) is 1.68. The van der Waals surface area contributed by atoms with Crippen molar-refractivity contribution in [3.8, 4) is 0 Å². The number of hydrogen-bond acceptors (Lipinski definition) is 3. The molecule has 112 valence electrons. The van der Waals surface area contributed by atoms with Crippen molar-refractivity contribution >= 4 is 5.96 Å². The summed E-state index contributed by atoms with van der Waals surface area (Å²) in [6, 6.07) is 0.178. The van der Waals surface area contributed by atoms with Crippen LogP contribution in [-0.4, -0.2) is 45.0 Å². The molecule has 0 spiro atoms. The van der Waals surface area contributed by atoms with E-state index in [-0.39, 0.29) is 6.04 Å². The van der Waals surface area contributed by atoms with Gasteiger partial charge >= 0.3 is 0 Å². The average Bonchev–Trinajstić information content (AvgIpc) is 2.36. The maximum Gasteiger partial charge on any atom is 0.188 e. The second-order valence-corrected chi connectivity index (χ2v) is 5.71. The van der Waals surface area contributed by atoms with Gasteiger partial charge in [0.15, 0.2) is 5.96 Å². The molecule has 0 aliphatic carbocycles. The zero-order valence-electron chi connectivity index (χ0n) is 12.7. The van der Waals surface area contributed by atoms with Gasteiger partial charge < -0.3 is 20.5 Å². The van der Waals surface area contributed by atoms with Crippen molar-refractivity contribution in [2.24, 2.45) is 22.6 Å². The van der Waals surface area contributed by atoms with Crippen LogP contribution in [0.25, 0.3) is 0 Å². The summed E-state index contributed by atoms with van der Waals surface area (Å²) in [5, 5.41) is 3.13. The van der Waals surface area contributed by atoms with Crippen LogP contribution in [0.1, 0.15) is 33.6 Å². The number of guanidine groups is 1. The summed E-state index contributed by atoms with van der Waals surface area (Å²) >= 11 is 0. The molecule has 0 aromatic rings. The molecule has 3 N–H and O–H groups in total. The second-order valence-electron chi connectivity index (χ2n) is 5.71. The van der Waals surface area contributed by atoms with Gasteiger partial charge in [-0.1, -0.05) is 13.8 Å². The van der Waals surface area contributed by atoms with Crippen LogP contribution in [0.3, 0.4) is 0 Å². The van der Waals surface area contributed by atoms with Gasteiger partial charge in [-0.05, 0) is 25.7 Å². The van der Waals surface area contributed by atoms with Crippen molar-refractivity contribution in [1.29, 1.82) is 0 Å². The smallest absolute Gasteiger partial charge is 0.188 e. The number of hydrogen-bond donors (Lipinski definition) is 2. The van der Waals surface area contributed by atoms with E-state index in [0.29, 0.717) is 30.5 Å². The van der Waals surface area contributed by atoms with Crippen LogP contribution in [-0.2, 0) is 9.47 Å². The third-order valence-corrected chi connectivity index (χ3v) is 3.46. The van der Waals surface area contributed by atoms with E-state index >= 15 is 0 Å². The fraction of sp³-hybridized carbons (Fsp3) is 0.929. The molecule has 0 aromatic heterocycles. The molecule has 0 saturated carbocycles. The Hall–Kier alpha value is -0.810. The van der Waals surface area contributed by atoms with Crippen molar-refractivity contribution in [3.63, 3.8) is 0 Å². The molecular formula is C14H29N3O2. The lowest BCUT2D eigenvalue weighted by Gasteiger charge is -2.33. The van der Waals surface area contributed by atoms with Gasteiger partial charge in [0.1, 0.15) is 0 Å². The summed E-state index contributed by atoms with van der Waals surface area (Å²) in [6.07, 6.45) is 2.60. The maximum absolute atomic E-state index is 5.89. The maximum atomic E-state index is 5.89. The van der Waals surface area contributed by atoms with E-state index < -0.39 is 0 Å². The van der Waals surface area contributed by atoms with Crippen molar-refractivity contribution in [2.45, 2.75) is 45.8 Å². The number of nitrogens with one attached hydrogen (secondary N) is 1.